The summed E-state index contributed by atoms with van der Waals surface area (Å²) in [6.07, 6.45) is -0.335. The van der Waals surface area contributed by atoms with Gasteiger partial charge in [0.05, 0.1) is 25.0 Å². The van der Waals surface area contributed by atoms with Crippen LogP contribution in [0.25, 0.3) is 28.3 Å². The van der Waals surface area contributed by atoms with Crippen LogP contribution in [-0.2, 0) is 16.0 Å². The molecule has 9 nitrogen and oxygen atoms in total. The molecule has 2 amide bonds. The molecule has 2 atom stereocenters. The standard InChI is InChI=1S/C35H35F2N3O6/c1-20(2)40-29(16-15-27(41)18-28(42)19-31(44)45)32(22-5-9-24(36)10-6-22)33(23-7-11-25(37)12-8-23)34(40)35(46)39-26-13-3-21(4-14-26)17-30(38)43/h3-16,20,27-28,41-42H,17-19H2,1-2H3,(H2,38,43)(H,39,46)(H,44,45)/t27-,28-/m1/s1. The minimum atomic E-state index is -1.30. The number of carbonyl (C=O) groups is 3. The molecular formula is C35H35F2N3O6. The zero-order valence-electron chi connectivity index (χ0n) is 25.3. The van der Waals surface area contributed by atoms with Crippen molar-refractivity contribution in [1.29, 1.82) is 0 Å². The van der Waals surface area contributed by atoms with E-state index >= 15 is 0 Å². The minimum Gasteiger partial charge on any atom is -0.481 e. The third-order valence-corrected chi connectivity index (χ3v) is 7.23. The lowest BCUT2D eigenvalue weighted by Gasteiger charge is -2.17. The molecule has 0 saturated carbocycles. The summed E-state index contributed by atoms with van der Waals surface area (Å²) in [6.45, 7) is 3.70. The van der Waals surface area contributed by atoms with Gasteiger partial charge in [0.15, 0.2) is 0 Å². The van der Waals surface area contributed by atoms with Gasteiger partial charge in [0.2, 0.25) is 5.91 Å². The van der Waals surface area contributed by atoms with Crippen LogP contribution in [0.4, 0.5) is 14.5 Å². The molecule has 240 valence electrons. The highest BCUT2D eigenvalue weighted by Gasteiger charge is 2.29. The first-order valence-corrected chi connectivity index (χ1v) is 14.6. The van der Waals surface area contributed by atoms with Gasteiger partial charge in [0, 0.05) is 35.0 Å². The van der Waals surface area contributed by atoms with Gasteiger partial charge in [-0.1, -0.05) is 42.5 Å². The SMILES string of the molecule is CC(C)n1c(C=C[C@@H](O)C[C@@H](O)CC(=O)O)c(-c2ccc(F)cc2)c(-c2ccc(F)cc2)c1C(=O)Nc1ccc(CC(N)=O)cc1. The van der Waals surface area contributed by atoms with Gasteiger partial charge in [0.1, 0.15) is 17.3 Å². The molecule has 3 aromatic carbocycles. The zero-order valence-corrected chi connectivity index (χ0v) is 25.3. The summed E-state index contributed by atoms with van der Waals surface area (Å²) in [6, 6.07) is 17.5. The topological polar surface area (TPSA) is 155 Å². The highest BCUT2D eigenvalue weighted by molar-refractivity contribution is 6.12. The van der Waals surface area contributed by atoms with Crippen molar-refractivity contribution < 1.29 is 38.5 Å². The van der Waals surface area contributed by atoms with Crippen molar-refractivity contribution in [2.24, 2.45) is 5.73 Å². The fourth-order valence-electron chi connectivity index (χ4n) is 5.28. The van der Waals surface area contributed by atoms with E-state index < -0.39 is 48.0 Å². The molecule has 0 bridgehead atoms. The predicted octanol–water partition coefficient (Wildman–Crippen LogP) is 5.56. The Kier molecular flexibility index (Phi) is 10.8. The number of aliphatic hydroxyl groups is 2. The molecule has 4 aromatic rings. The molecule has 0 aliphatic rings. The largest absolute Gasteiger partial charge is 0.481 e. The number of nitrogens with two attached hydrogens (primary N) is 1. The van der Waals surface area contributed by atoms with E-state index in [2.05, 4.69) is 5.32 Å². The van der Waals surface area contributed by atoms with Crippen molar-refractivity contribution in [1.82, 2.24) is 4.57 Å². The van der Waals surface area contributed by atoms with Crippen molar-refractivity contribution in [3.8, 4) is 22.3 Å². The molecule has 0 aliphatic heterocycles. The van der Waals surface area contributed by atoms with Crippen LogP contribution in [-0.4, -0.2) is 49.9 Å². The van der Waals surface area contributed by atoms with Crippen LogP contribution in [0.2, 0.25) is 0 Å². The van der Waals surface area contributed by atoms with E-state index in [4.69, 9.17) is 10.8 Å². The summed E-state index contributed by atoms with van der Waals surface area (Å²) >= 11 is 0. The molecule has 0 saturated heterocycles. The van der Waals surface area contributed by atoms with Crippen molar-refractivity contribution in [3.63, 3.8) is 0 Å². The van der Waals surface area contributed by atoms with Crippen molar-refractivity contribution in [3.05, 3.63) is 107 Å². The van der Waals surface area contributed by atoms with Crippen LogP contribution in [0.3, 0.4) is 0 Å². The second kappa shape index (κ2) is 14.8. The van der Waals surface area contributed by atoms with E-state index in [-0.39, 0.29) is 24.6 Å². The van der Waals surface area contributed by atoms with Gasteiger partial charge < -0.3 is 30.9 Å². The van der Waals surface area contributed by atoms with Crippen LogP contribution >= 0.6 is 0 Å². The molecular weight excluding hydrogens is 596 g/mol. The number of nitrogens with zero attached hydrogens (tertiary/aromatic N) is 1. The lowest BCUT2D eigenvalue weighted by molar-refractivity contribution is -0.139. The predicted molar refractivity (Wildman–Crippen MR) is 171 cm³/mol. The number of rotatable bonds is 13. The normalized spacial score (nSPS) is 12.8. The molecule has 46 heavy (non-hydrogen) atoms. The van der Waals surface area contributed by atoms with Gasteiger partial charge in [-0.15, -0.1) is 0 Å². The molecule has 0 aliphatic carbocycles. The number of benzene rings is 3. The first-order chi connectivity index (χ1) is 21.8. The number of primary amides is 1. The minimum absolute atomic E-state index is 0.0368. The monoisotopic (exact) mass is 631 g/mol. The maximum Gasteiger partial charge on any atom is 0.305 e. The van der Waals surface area contributed by atoms with Crippen molar-refractivity contribution in [2.75, 3.05) is 5.32 Å². The molecule has 0 spiro atoms. The number of amides is 2. The lowest BCUT2D eigenvalue weighted by atomic mass is 9.94. The number of hydrogen-bond acceptors (Lipinski definition) is 5. The quantitative estimate of drug-likeness (QED) is 0.130. The number of carboxylic acid groups (broad SMARTS) is 1. The number of hydrogen-bond donors (Lipinski definition) is 5. The fourth-order valence-corrected chi connectivity index (χ4v) is 5.28. The Labute approximate surface area is 264 Å². The summed E-state index contributed by atoms with van der Waals surface area (Å²) in [5, 5.41) is 32.6. The van der Waals surface area contributed by atoms with E-state index in [1.165, 1.54) is 42.5 Å². The number of halogens is 2. The maximum atomic E-state index is 14.2. The van der Waals surface area contributed by atoms with Crippen LogP contribution in [0.1, 0.15) is 54.5 Å². The maximum absolute atomic E-state index is 14.2. The zero-order chi connectivity index (χ0) is 33.5. The van der Waals surface area contributed by atoms with Crippen LogP contribution in [0.15, 0.2) is 78.9 Å². The number of nitrogens with one attached hydrogen (secondary N) is 1. The highest BCUT2D eigenvalue weighted by atomic mass is 19.1. The Morgan fingerprint density at radius 1 is 0.870 bits per heavy atom. The second-order valence-corrected chi connectivity index (χ2v) is 11.2. The molecule has 0 fully saturated rings. The average Bonchev–Trinajstić information content (AvgIpc) is 3.32. The Bertz CT molecular complexity index is 1730. The van der Waals surface area contributed by atoms with E-state index in [1.807, 2.05) is 13.8 Å². The summed E-state index contributed by atoms with van der Waals surface area (Å²) in [7, 11) is 0. The van der Waals surface area contributed by atoms with Gasteiger partial charge in [-0.2, -0.15) is 0 Å². The van der Waals surface area contributed by atoms with Gasteiger partial charge in [-0.25, -0.2) is 8.78 Å². The molecule has 11 heteroatoms. The van der Waals surface area contributed by atoms with Crippen LogP contribution in [0.5, 0.6) is 0 Å². The Balaban J connectivity index is 1.93. The number of carbonyl (C=O) groups excluding carboxylic acids is 2. The Morgan fingerprint density at radius 3 is 1.91 bits per heavy atom. The number of anilines is 1. The van der Waals surface area contributed by atoms with Crippen LogP contribution in [0, 0.1) is 11.6 Å². The Morgan fingerprint density at radius 2 is 1.41 bits per heavy atom. The summed E-state index contributed by atoms with van der Waals surface area (Å²) in [4.78, 5) is 36.5. The Hall–Kier alpha value is -5.13. The second-order valence-electron chi connectivity index (χ2n) is 11.2. The number of carboxylic acids is 1. The highest BCUT2D eigenvalue weighted by Crippen LogP contribution is 2.43. The van der Waals surface area contributed by atoms with Crippen LogP contribution < -0.4 is 11.1 Å². The van der Waals surface area contributed by atoms with E-state index in [0.29, 0.717) is 39.2 Å². The molecule has 6 N–H and O–H groups in total. The number of aliphatic carboxylic acids is 1. The summed E-state index contributed by atoms with van der Waals surface area (Å²) < 4.78 is 29.9. The molecule has 0 radical (unpaired) electrons. The van der Waals surface area contributed by atoms with Crippen molar-refractivity contribution >= 4 is 29.5 Å². The van der Waals surface area contributed by atoms with Gasteiger partial charge in [0.25, 0.3) is 5.91 Å². The number of aromatic nitrogens is 1. The molecule has 1 heterocycles. The molecule has 0 unspecified atom stereocenters. The van der Waals surface area contributed by atoms with Gasteiger partial charge in [-0.05, 0) is 73.0 Å². The third kappa shape index (κ3) is 8.32. The lowest BCUT2D eigenvalue weighted by Crippen LogP contribution is -2.20. The van der Waals surface area contributed by atoms with Gasteiger partial charge in [-0.3, -0.25) is 14.4 Å². The third-order valence-electron chi connectivity index (χ3n) is 7.23. The summed E-state index contributed by atoms with van der Waals surface area (Å²) in [5.41, 5.74) is 8.99. The number of aliphatic hydroxyl groups excluding tert-OH is 2. The fraction of sp³-hybridized carbons (Fsp3) is 0.229. The van der Waals surface area contributed by atoms with E-state index in [1.54, 1.807) is 47.0 Å². The first kappa shape index (κ1) is 33.8. The first-order valence-electron chi connectivity index (χ1n) is 14.6. The molecule has 4 rings (SSSR count). The smallest absolute Gasteiger partial charge is 0.305 e. The summed E-state index contributed by atoms with van der Waals surface area (Å²) in [5.74, 6) is -3.19. The average molecular weight is 632 g/mol. The van der Waals surface area contributed by atoms with E-state index in [9.17, 15) is 33.4 Å². The van der Waals surface area contributed by atoms with Gasteiger partial charge >= 0.3 is 5.97 Å². The van der Waals surface area contributed by atoms with E-state index in [0.717, 1.165) is 0 Å². The molecule has 1 aromatic heterocycles. The van der Waals surface area contributed by atoms with Crippen molar-refractivity contribution in [2.45, 2.75) is 51.4 Å².